The lowest BCUT2D eigenvalue weighted by Gasteiger charge is -2.27. The van der Waals surface area contributed by atoms with Crippen molar-refractivity contribution in [2.75, 3.05) is 26.7 Å². The molecule has 11 heavy (non-hydrogen) atoms. The molecule has 0 rings (SSSR count). The third kappa shape index (κ3) is 3.70. The lowest BCUT2D eigenvalue weighted by molar-refractivity contribution is -0.832. The lowest BCUT2D eigenvalue weighted by Crippen LogP contribution is -3.00. The van der Waals surface area contributed by atoms with Gasteiger partial charge in [0.2, 0.25) is 0 Å². The molecule has 0 aromatic carbocycles. The lowest BCUT2D eigenvalue weighted by atomic mass is 10.4. The van der Waals surface area contributed by atoms with E-state index in [2.05, 4.69) is 0 Å². The molecule has 0 heterocycles. The van der Waals surface area contributed by atoms with Gasteiger partial charge in [-0.15, -0.1) is 0 Å². The summed E-state index contributed by atoms with van der Waals surface area (Å²) in [5.74, 6) is 0.108. The molecule has 4 heteroatoms. The molecule has 0 aliphatic heterocycles. The highest BCUT2D eigenvalue weighted by Gasteiger charge is 2.23. The first-order chi connectivity index (χ1) is 4.56. The minimum atomic E-state index is 0. The van der Waals surface area contributed by atoms with E-state index in [1.165, 1.54) is 0 Å². The fourth-order valence-electron chi connectivity index (χ4n) is 0.759. The molecule has 0 aliphatic carbocycles. The Bertz CT molecular complexity index is 130. The number of aliphatic hydroxyl groups is 1. The quantitative estimate of drug-likeness (QED) is 0.472. The fourth-order valence-corrected chi connectivity index (χ4v) is 0.759. The van der Waals surface area contributed by atoms with Crippen molar-refractivity contribution in [3.8, 4) is 0 Å². The molecule has 0 saturated carbocycles. The maximum Gasteiger partial charge on any atom is 0.310 e. The number of carbonyl (C=O) groups excluding carboxylic acids is 1. The van der Waals surface area contributed by atoms with Crippen LogP contribution in [-0.2, 0) is 4.79 Å². The van der Waals surface area contributed by atoms with Gasteiger partial charge >= 0.3 is 5.91 Å². The summed E-state index contributed by atoms with van der Waals surface area (Å²) < 4.78 is 0.330. The first kappa shape index (κ1) is 13.5. The minimum absolute atomic E-state index is 0. The van der Waals surface area contributed by atoms with Crippen molar-refractivity contribution in [1.82, 2.24) is 0 Å². The van der Waals surface area contributed by atoms with Crippen molar-refractivity contribution in [3.05, 3.63) is 0 Å². The molecule has 3 nitrogen and oxygen atoms in total. The van der Waals surface area contributed by atoms with Crippen LogP contribution in [-0.4, -0.2) is 42.2 Å². The summed E-state index contributed by atoms with van der Waals surface area (Å²) in [6.07, 6.45) is 0. The van der Waals surface area contributed by atoms with Gasteiger partial charge in [0.05, 0.1) is 27.1 Å². The number of nitrogens with zero attached hydrogens (tertiary/aromatic N) is 1. The van der Waals surface area contributed by atoms with E-state index >= 15 is 0 Å². The van der Waals surface area contributed by atoms with Gasteiger partial charge in [0, 0.05) is 0 Å². The Morgan fingerprint density at radius 2 is 2.00 bits per heavy atom. The predicted molar refractivity (Wildman–Crippen MR) is 39.4 cm³/mol. The van der Waals surface area contributed by atoms with Gasteiger partial charge in [-0.1, -0.05) is 0 Å². The van der Waals surface area contributed by atoms with E-state index in [0.29, 0.717) is 11.0 Å². The molecular formula is C7H16ClNO2. The standard InChI is InChI=1S/C7H16NO2.ClH/c1-4-8(3,5-6-9)7(2)10;/h9H,4-6H2,1-3H3;1H/q+1;/p-1. The number of hydrogen-bond acceptors (Lipinski definition) is 2. The Labute approximate surface area is 74.0 Å². The second-order valence-electron chi connectivity index (χ2n) is 2.68. The largest absolute Gasteiger partial charge is 1.00 e. The number of carbonyl (C=O) groups is 1. The first-order valence-electron chi connectivity index (χ1n) is 3.53. The van der Waals surface area contributed by atoms with E-state index in [1.54, 1.807) is 6.92 Å². The summed E-state index contributed by atoms with van der Waals surface area (Å²) in [6.45, 7) is 4.84. The summed E-state index contributed by atoms with van der Waals surface area (Å²) in [5, 5.41) is 8.61. The number of rotatable bonds is 3. The van der Waals surface area contributed by atoms with Crippen LogP contribution in [0.25, 0.3) is 0 Å². The molecular weight excluding hydrogens is 166 g/mol. The van der Waals surface area contributed by atoms with Crippen LogP contribution in [0.4, 0.5) is 0 Å². The number of hydrogen-bond donors (Lipinski definition) is 1. The second kappa shape index (κ2) is 5.52. The highest BCUT2D eigenvalue weighted by atomic mass is 35.5. The van der Waals surface area contributed by atoms with E-state index in [1.807, 2.05) is 14.0 Å². The van der Waals surface area contributed by atoms with Gasteiger partial charge in [0.1, 0.15) is 6.54 Å². The van der Waals surface area contributed by atoms with E-state index in [-0.39, 0.29) is 24.9 Å². The fraction of sp³-hybridized carbons (Fsp3) is 0.857. The molecule has 0 bridgehead atoms. The van der Waals surface area contributed by atoms with E-state index in [9.17, 15) is 4.79 Å². The smallest absolute Gasteiger partial charge is 0.310 e. The van der Waals surface area contributed by atoms with Crippen molar-refractivity contribution >= 4 is 5.91 Å². The molecule has 1 unspecified atom stereocenters. The van der Waals surface area contributed by atoms with Crippen LogP contribution in [0.1, 0.15) is 13.8 Å². The number of quaternary nitrogens is 1. The molecule has 0 fully saturated rings. The molecule has 0 saturated heterocycles. The molecule has 1 N–H and O–H groups in total. The Balaban J connectivity index is 0. The third-order valence-corrected chi connectivity index (χ3v) is 2.05. The normalized spacial score (nSPS) is 14.9. The zero-order valence-corrected chi connectivity index (χ0v) is 8.06. The molecule has 0 spiro atoms. The number of amides is 1. The average Bonchev–Trinajstić information content (AvgIpc) is 1.88. The molecule has 68 valence electrons. The third-order valence-electron chi connectivity index (χ3n) is 2.05. The van der Waals surface area contributed by atoms with Gasteiger partial charge in [-0.2, -0.15) is 0 Å². The maximum atomic E-state index is 10.9. The van der Waals surface area contributed by atoms with Crippen molar-refractivity contribution in [2.24, 2.45) is 0 Å². The van der Waals surface area contributed by atoms with Crippen LogP contribution >= 0.6 is 0 Å². The van der Waals surface area contributed by atoms with Gasteiger partial charge < -0.3 is 17.5 Å². The van der Waals surface area contributed by atoms with E-state index < -0.39 is 0 Å². The molecule has 0 aliphatic rings. The Kier molecular flexibility index (Phi) is 6.76. The Morgan fingerprint density at radius 1 is 1.55 bits per heavy atom. The monoisotopic (exact) mass is 181 g/mol. The SMILES string of the molecule is CC[N+](C)(CCO)C(C)=O.[Cl-]. The summed E-state index contributed by atoms with van der Waals surface area (Å²) in [5.41, 5.74) is 0. The zero-order chi connectivity index (χ0) is 8.20. The van der Waals surface area contributed by atoms with Crippen LogP contribution < -0.4 is 12.4 Å². The van der Waals surface area contributed by atoms with E-state index in [4.69, 9.17) is 5.11 Å². The predicted octanol–water partition coefficient (Wildman–Crippen LogP) is -3.00. The summed E-state index contributed by atoms with van der Waals surface area (Å²) in [6, 6.07) is 0. The number of likely N-dealkylation sites (N-methyl/N-ethyl adjacent to an activating group) is 1. The number of aliphatic hydroxyl groups excluding tert-OH is 1. The van der Waals surface area contributed by atoms with Crippen LogP contribution in [0, 0.1) is 0 Å². The topological polar surface area (TPSA) is 37.3 Å². The van der Waals surface area contributed by atoms with Crippen LogP contribution in [0.2, 0.25) is 0 Å². The van der Waals surface area contributed by atoms with Crippen LogP contribution in [0.15, 0.2) is 0 Å². The van der Waals surface area contributed by atoms with Gasteiger partial charge in [0.25, 0.3) is 0 Å². The van der Waals surface area contributed by atoms with Gasteiger partial charge in [0.15, 0.2) is 0 Å². The zero-order valence-electron chi connectivity index (χ0n) is 7.30. The average molecular weight is 182 g/mol. The molecule has 0 aromatic heterocycles. The van der Waals surface area contributed by atoms with Gasteiger partial charge in [-0.05, 0) is 6.92 Å². The first-order valence-corrected chi connectivity index (χ1v) is 3.53. The van der Waals surface area contributed by atoms with Crippen LogP contribution in [0.3, 0.4) is 0 Å². The highest BCUT2D eigenvalue weighted by Crippen LogP contribution is 2.00. The van der Waals surface area contributed by atoms with Crippen molar-refractivity contribution < 1.29 is 26.8 Å². The summed E-state index contributed by atoms with van der Waals surface area (Å²) in [7, 11) is 1.83. The molecule has 0 aromatic rings. The van der Waals surface area contributed by atoms with Crippen molar-refractivity contribution in [2.45, 2.75) is 13.8 Å². The molecule has 1 atom stereocenters. The van der Waals surface area contributed by atoms with Crippen molar-refractivity contribution in [3.63, 3.8) is 0 Å². The minimum Gasteiger partial charge on any atom is -1.00 e. The molecule has 1 amide bonds. The van der Waals surface area contributed by atoms with Crippen LogP contribution in [0.5, 0.6) is 0 Å². The molecule has 0 radical (unpaired) electrons. The van der Waals surface area contributed by atoms with Gasteiger partial charge in [-0.25, -0.2) is 4.79 Å². The van der Waals surface area contributed by atoms with E-state index in [0.717, 1.165) is 6.54 Å². The maximum absolute atomic E-state index is 10.9. The van der Waals surface area contributed by atoms with Gasteiger partial charge in [-0.3, -0.25) is 4.48 Å². The summed E-state index contributed by atoms with van der Waals surface area (Å²) in [4.78, 5) is 10.9. The van der Waals surface area contributed by atoms with Crippen molar-refractivity contribution in [1.29, 1.82) is 0 Å². The Morgan fingerprint density at radius 3 is 2.09 bits per heavy atom. The Hall–Kier alpha value is -0.120. The second-order valence-corrected chi connectivity index (χ2v) is 2.68. The highest BCUT2D eigenvalue weighted by molar-refractivity contribution is 5.65. The summed E-state index contributed by atoms with van der Waals surface area (Å²) >= 11 is 0. The number of halogens is 1.